The van der Waals surface area contributed by atoms with Crippen molar-refractivity contribution >= 4 is 22.5 Å². The molecule has 0 spiro atoms. The molecule has 0 aliphatic heterocycles. The Hall–Kier alpha value is -3.35. The summed E-state index contributed by atoms with van der Waals surface area (Å²) in [4.78, 5) is 26.2. The van der Waals surface area contributed by atoms with Gasteiger partial charge in [0.2, 0.25) is 0 Å². The number of hydrogen-bond donors (Lipinski definition) is 2. The van der Waals surface area contributed by atoms with Gasteiger partial charge in [-0.15, -0.1) is 0 Å². The van der Waals surface area contributed by atoms with Gasteiger partial charge >= 0.3 is 0 Å². The largest absolute Gasteiger partial charge is 0.497 e. The maximum absolute atomic E-state index is 12.3. The molecule has 0 aliphatic carbocycles. The summed E-state index contributed by atoms with van der Waals surface area (Å²) in [6.45, 7) is 4.06. The fraction of sp³-hybridized carbons (Fsp3) is 0.250. The molecule has 0 unspecified atom stereocenters. The van der Waals surface area contributed by atoms with Crippen LogP contribution in [0.15, 0.2) is 36.4 Å². The van der Waals surface area contributed by atoms with E-state index >= 15 is 0 Å². The molecule has 1 heterocycles. The molecule has 3 rings (SSSR count). The Labute approximate surface area is 156 Å². The van der Waals surface area contributed by atoms with Crippen LogP contribution in [0.3, 0.4) is 0 Å². The standard InChI is InChI=1S/C20H21N3O4/c1-12-4-5-14(10-19(12)23(25)26)20(24)21-9-8-16-13(2)22-18-7-6-15(27-3)11-17(16)18/h4-7,10-11,22H,8-9H2,1-3H3,(H,21,24). The average Bonchev–Trinajstić information content (AvgIpc) is 2.96. The maximum atomic E-state index is 12.3. The lowest BCUT2D eigenvalue weighted by atomic mass is 10.1. The third kappa shape index (κ3) is 3.76. The number of aromatic amines is 1. The second-order valence-corrected chi connectivity index (χ2v) is 6.40. The van der Waals surface area contributed by atoms with Crippen LogP contribution in [-0.4, -0.2) is 29.5 Å². The molecule has 27 heavy (non-hydrogen) atoms. The predicted octanol–water partition coefficient (Wildman–Crippen LogP) is 3.67. The van der Waals surface area contributed by atoms with E-state index in [1.165, 1.54) is 6.07 Å². The van der Waals surface area contributed by atoms with Gasteiger partial charge < -0.3 is 15.0 Å². The molecule has 1 amide bonds. The number of nitro groups is 1. The van der Waals surface area contributed by atoms with Crippen molar-refractivity contribution in [1.29, 1.82) is 0 Å². The molecule has 0 radical (unpaired) electrons. The molecule has 0 bridgehead atoms. The Morgan fingerprint density at radius 1 is 1.22 bits per heavy atom. The number of aromatic nitrogens is 1. The molecular formula is C20H21N3O4. The normalized spacial score (nSPS) is 10.8. The fourth-order valence-electron chi connectivity index (χ4n) is 3.16. The molecule has 0 saturated heterocycles. The van der Waals surface area contributed by atoms with Gasteiger partial charge in [-0.25, -0.2) is 0 Å². The van der Waals surface area contributed by atoms with Crippen molar-refractivity contribution < 1.29 is 14.5 Å². The molecule has 0 saturated carbocycles. The number of carbonyl (C=O) groups is 1. The number of benzene rings is 2. The minimum Gasteiger partial charge on any atom is -0.497 e. The summed E-state index contributed by atoms with van der Waals surface area (Å²) in [6.07, 6.45) is 0.638. The van der Waals surface area contributed by atoms with Gasteiger partial charge in [0, 0.05) is 40.3 Å². The van der Waals surface area contributed by atoms with Gasteiger partial charge in [0.25, 0.3) is 11.6 Å². The van der Waals surface area contributed by atoms with Gasteiger partial charge in [0.15, 0.2) is 0 Å². The quantitative estimate of drug-likeness (QED) is 0.513. The van der Waals surface area contributed by atoms with Crippen molar-refractivity contribution in [2.45, 2.75) is 20.3 Å². The summed E-state index contributed by atoms with van der Waals surface area (Å²) in [7, 11) is 1.63. The molecule has 7 heteroatoms. The SMILES string of the molecule is COc1ccc2[nH]c(C)c(CCNC(=O)c3ccc(C)c([N+](=O)[O-])c3)c2c1. The average molecular weight is 367 g/mol. The molecule has 2 aromatic carbocycles. The zero-order valence-electron chi connectivity index (χ0n) is 15.5. The summed E-state index contributed by atoms with van der Waals surface area (Å²) in [6, 6.07) is 10.3. The van der Waals surface area contributed by atoms with Crippen LogP contribution in [0.4, 0.5) is 5.69 Å². The van der Waals surface area contributed by atoms with Crippen LogP contribution in [0.5, 0.6) is 5.75 Å². The number of aryl methyl sites for hydroxylation is 2. The number of hydrogen-bond acceptors (Lipinski definition) is 4. The maximum Gasteiger partial charge on any atom is 0.273 e. The van der Waals surface area contributed by atoms with Crippen molar-refractivity contribution in [2.75, 3.05) is 13.7 Å². The number of carbonyl (C=O) groups excluding carboxylic acids is 1. The van der Waals surface area contributed by atoms with Crippen LogP contribution in [0.1, 0.15) is 27.2 Å². The van der Waals surface area contributed by atoms with Gasteiger partial charge in [-0.2, -0.15) is 0 Å². The van der Waals surface area contributed by atoms with E-state index in [4.69, 9.17) is 4.74 Å². The summed E-state index contributed by atoms with van der Waals surface area (Å²) in [5.74, 6) is 0.451. The van der Waals surface area contributed by atoms with E-state index in [1.807, 2.05) is 25.1 Å². The number of fused-ring (bicyclic) bond motifs is 1. The van der Waals surface area contributed by atoms with E-state index < -0.39 is 4.92 Å². The number of nitrogens with zero attached hydrogens (tertiary/aromatic N) is 1. The minimum absolute atomic E-state index is 0.0535. The predicted molar refractivity (Wildman–Crippen MR) is 103 cm³/mol. The van der Waals surface area contributed by atoms with Crippen LogP contribution in [0.25, 0.3) is 10.9 Å². The Kier molecular flexibility index (Phi) is 5.12. The zero-order chi connectivity index (χ0) is 19.6. The highest BCUT2D eigenvalue weighted by molar-refractivity contribution is 5.95. The highest BCUT2D eigenvalue weighted by Crippen LogP contribution is 2.26. The number of H-pyrrole nitrogens is 1. The fourth-order valence-corrected chi connectivity index (χ4v) is 3.16. The Morgan fingerprint density at radius 2 is 2.00 bits per heavy atom. The van der Waals surface area contributed by atoms with Crippen LogP contribution in [-0.2, 0) is 6.42 Å². The molecule has 0 atom stereocenters. The molecule has 140 valence electrons. The van der Waals surface area contributed by atoms with Crippen molar-refractivity contribution in [3.63, 3.8) is 0 Å². The van der Waals surface area contributed by atoms with E-state index in [2.05, 4.69) is 10.3 Å². The number of ether oxygens (including phenoxy) is 1. The van der Waals surface area contributed by atoms with Gasteiger partial charge in [-0.05, 0) is 50.1 Å². The smallest absolute Gasteiger partial charge is 0.273 e. The Morgan fingerprint density at radius 3 is 2.70 bits per heavy atom. The Balaban J connectivity index is 1.72. The number of nitrogens with one attached hydrogen (secondary N) is 2. The molecule has 2 N–H and O–H groups in total. The lowest BCUT2D eigenvalue weighted by Crippen LogP contribution is -2.25. The summed E-state index contributed by atoms with van der Waals surface area (Å²) in [5.41, 5.74) is 3.92. The van der Waals surface area contributed by atoms with Crippen molar-refractivity contribution in [1.82, 2.24) is 10.3 Å². The second-order valence-electron chi connectivity index (χ2n) is 6.40. The molecular weight excluding hydrogens is 346 g/mol. The summed E-state index contributed by atoms with van der Waals surface area (Å²) >= 11 is 0. The summed E-state index contributed by atoms with van der Waals surface area (Å²) < 4.78 is 5.29. The number of amides is 1. The van der Waals surface area contributed by atoms with E-state index in [0.29, 0.717) is 18.5 Å². The van der Waals surface area contributed by atoms with Gasteiger partial charge in [0.1, 0.15) is 5.75 Å². The number of methoxy groups -OCH3 is 1. The highest BCUT2D eigenvalue weighted by Gasteiger charge is 2.15. The topological polar surface area (TPSA) is 97.3 Å². The van der Waals surface area contributed by atoms with E-state index in [-0.39, 0.29) is 17.2 Å². The highest BCUT2D eigenvalue weighted by atomic mass is 16.6. The van der Waals surface area contributed by atoms with Crippen molar-refractivity contribution in [3.8, 4) is 5.75 Å². The first kappa shape index (κ1) is 18.4. The molecule has 0 fully saturated rings. The van der Waals surface area contributed by atoms with Gasteiger partial charge in [-0.3, -0.25) is 14.9 Å². The van der Waals surface area contributed by atoms with Gasteiger partial charge in [-0.1, -0.05) is 6.07 Å². The first-order valence-corrected chi connectivity index (χ1v) is 8.59. The molecule has 7 nitrogen and oxygen atoms in total. The van der Waals surface area contributed by atoms with E-state index in [0.717, 1.165) is 27.9 Å². The number of nitro benzene ring substituents is 1. The lowest BCUT2D eigenvalue weighted by Gasteiger charge is -2.07. The Bertz CT molecular complexity index is 1020. The monoisotopic (exact) mass is 367 g/mol. The second kappa shape index (κ2) is 7.49. The first-order valence-electron chi connectivity index (χ1n) is 8.59. The third-order valence-corrected chi connectivity index (χ3v) is 4.66. The molecule has 3 aromatic rings. The minimum atomic E-state index is -0.477. The van der Waals surface area contributed by atoms with Crippen LogP contribution in [0.2, 0.25) is 0 Å². The number of rotatable bonds is 6. The van der Waals surface area contributed by atoms with E-state index in [9.17, 15) is 14.9 Å². The first-order chi connectivity index (χ1) is 12.9. The molecule has 0 aliphatic rings. The van der Waals surface area contributed by atoms with Crippen LogP contribution >= 0.6 is 0 Å². The third-order valence-electron chi connectivity index (χ3n) is 4.66. The van der Waals surface area contributed by atoms with Crippen LogP contribution in [0, 0.1) is 24.0 Å². The molecule has 1 aromatic heterocycles. The lowest BCUT2D eigenvalue weighted by molar-refractivity contribution is -0.385. The van der Waals surface area contributed by atoms with Gasteiger partial charge in [0.05, 0.1) is 12.0 Å². The van der Waals surface area contributed by atoms with Crippen LogP contribution < -0.4 is 10.1 Å². The zero-order valence-corrected chi connectivity index (χ0v) is 15.5. The van der Waals surface area contributed by atoms with E-state index in [1.54, 1.807) is 26.2 Å². The van der Waals surface area contributed by atoms with Crippen molar-refractivity contribution in [3.05, 3.63) is 68.9 Å². The van der Waals surface area contributed by atoms with Crippen molar-refractivity contribution in [2.24, 2.45) is 0 Å². The summed E-state index contributed by atoms with van der Waals surface area (Å²) in [5, 5.41) is 14.9.